The molecule has 0 unspecified atom stereocenters. The van der Waals surface area contributed by atoms with Crippen LogP contribution in [0.3, 0.4) is 0 Å². The van der Waals surface area contributed by atoms with Crippen LogP contribution in [0.15, 0.2) is 42.5 Å². The molecule has 1 saturated heterocycles. The quantitative estimate of drug-likeness (QED) is 0.453. The number of carbonyl (C=O) groups excluding carboxylic acids is 1. The smallest absolute Gasteiger partial charge is 0.338 e. The lowest BCUT2D eigenvalue weighted by atomic mass is 10.2. The fraction of sp³-hybridized carbons (Fsp3) is 0.308. The van der Waals surface area contributed by atoms with Crippen LogP contribution in [-0.2, 0) is 14.3 Å². The van der Waals surface area contributed by atoms with E-state index < -0.39 is 5.97 Å². The molecule has 1 aromatic rings. The van der Waals surface area contributed by atoms with Crippen molar-refractivity contribution in [2.75, 3.05) is 13.2 Å². The molecule has 0 radical (unpaired) electrons. The summed E-state index contributed by atoms with van der Waals surface area (Å²) in [5.74, 6) is 0.0576. The number of carbonyl (C=O) groups is 1. The van der Waals surface area contributed by atoms with Crippen molar-refractivity contribution in [1.82, 2.24) is 0 Å². The molecule has 4 nitrogen and oxygen atoms in total. The molecule has 2 rings (SSSR count). The Hall–Kier alpha value is -1.65. The maximum atomic E-state index is 11.7. The highest BCUT2D eigenvalue weighted by Gasteiger charge is 2.20. The molecule has 0 aromatic heterocycles. The zero-order chi connectivity index (χ0) is 12.1. The number of hydrogen-bond acceptors (Lipinski definition) is 4. The van der Waals surface area contributed by atoms with E-state index in [2.05, 4.69) is 6.58 Å². The van der Waals surface area contributed by atoms with E-state index in [4.69, 9.17) is 14.2 Å². The summed E-state index contributed by atoms with van der Waals surface area (Å²) < 4.78 is 15.6. The minimum atomic E-state index is -0.449. The Bertz CT molecular complexity index is 393. The summed E-state index contributed by atoms with van der Waals surface area (Å²) >= 11 is 0. The summed E-state index contributed by atoms with van der Waals surface area (Å²) in [5, 5.41) is 0. The van der Waals surface area contributed by atoms with E-state index in [0.717, 1.165) is 0 Å². The Morgan fingerprint density at radius 3 is 2.59 bits per heavy atom. The van der Waals surface area contributed by atoms with Crippen molar-refractivity contribution in [2.24, 2.45) is 0 Å². The van der Waals surface area contributed by atoms with Gasteiger partial charge in [-0.2, -0.15) is 0 Å². The first kappa shape index (κ1) is 11.8. The van der Waals surface area contributed by atoms with Crippen LogP contribution >= 0.6 is 0 Å². The monoisotopic (exact) mass is 234 g/mol. The highest BCUT2D eigenvalue weighted by Crippen LogP contribution is 2.16. The fourth-order valence-electron chi connectivity index (χ4n) is 1.48. The van der Waals surface area contributed by atoms with Gasteiger partial charge in [0.05, 0.1) is 13.2 Å². The lowest BCUT2D eigenvalue weighted by Crippen LogP contribution is -2.16. The van der Waals surface area contributed by atoms with Crippen LogP contribution in [-0.4, -0.2) is 25.5 Å². The highest BCUT2D eigenvalue weighted by molar-refractivity contribution is 5.89. The van der Waals surface area contributed by atoms with E-state index in [9.17, 15) is 4.79 Å². The summed E-state index contributed by atoms with van der Waals surface area (Å²) in [6.07, 6.45) is -0.0307. The predicted octanol–water partition coefficient (Wildman–Crippen LogP) is 1.91. The third kappa shape index (κ3) is 3.41. The van der Waals surface area contributed by atoms with E-state index >= 15 is 0 Å². The molecule has 90 valence electrons. The predicted molar refractivity (Wildman–Crippen MR) is 61.5 cm³/mol. The number of para-hydroxylation sites is 1. The van der Waals surface area contributed by atoms with Gasteiger partial charge in [-0.15, -0.1) is 0 Å². The summed E-state index contributed by atoms with van der Waals surface area (Å²) in [7, 11) is 0. The molecule has 0 saturated carbocycles. The maximum Gasteiger partial charge on any atom is 0.338 e. The molecule has 1 aromatic carbocycles. The molecular formula is C13H14O4. The number of ether oxygens (including phenoxy) is 3. The zero-order valence-corrected chi connectivity index (χ0v) is 9.43. The average molecular weight is 234 g/mol. The van der Waals surface area contributed by atoms with Gasteiger partial charge in [0, 0.05) is 12.0 Å². The maximum absolute atomic E-state index is 11.7. The highest BCUT2D eigenvalue weighted by atomic mass is 16.7. The molecule has 1 aliphatic heterocycles. The van der Waals surface area contributed by atoms with Crippen LogP contribution < -0.4 is 4.74 Å². The Morgan fingerprint density at radius 2 is 1.94 bits per heavy atom. The van der Waals surface area contributed by atoms with Gasteiger partial charge in [0.15, 0.2) is 6.29 Å². The second-order valence-electron chi connectivity index (χ2n) is 3.68. The third-order valence-electron chi connectivity index (χ3n) is 2.35. The van der Waals surface area contributed by atoms with Gasteiger partial charge in [-0.05, 0) is 12.1 Å². The molecule has 0 bridgehead atoms. The van der Waals surface area contributed by atoms with E-state index in [1.54, 1.807) is 24.3 Å². The van der Waals surface area contributed by atoms with E-state index in [0.29, 0.717) is 31.0 Å². The standard InChI is InChI=1S/C13H14O4/c1-10(9-12-15-7-8-16-12)13(14)17-11-5-3-2-4-6-11/h2-6,12H,1,7-9H2. The fourth-order valence-corrected chi connectivity index (χ4v) is 1.48. The van der Waals surface area contributed by atoms with Gasteiger partial charge >= 0.3 is 5.97 Å². The Kier molecular flexibility index (Phi) is 3.90. The SMILES string of the molecule is C=C(CC1OCCO1)C(=O)Oc1ccccc1. The molecule has 1 fully saturated rings. The minimum Gasteiger partial charge on any atom is -0.423 e. The first-order valence-electron chi connectivity index (χ1n) is 5.44. The van der Waals surface area contributed by atoms with Crippen LogP contribution in [0.5, 0.6) is 5.75 Å². The Labute approximate surface area is 99.8 Å². The average Bonchev–Trinajstić information content (AvgIpc) is 2.83. The summed E-state index contributed by atoms with van der Waals surface area (Å²) in [6.45, 7) is 4.80. The lowest BCUT2D eigenvalue weighted by Gasteiger charge is -2.10. The van der Waals surface area contributed by atoms with Crippen LogP contribution in [0.4, 0.5) is 0 Å². The van der Waals surface area contributed by atoms with Crippen LogP contribution in [0.1, 0.15) is 6.42 Å². The molecule has 0 amide bonds. The number of rotatable bonds is 4. The molecule has 4 heteroatoms. The Morgan fingerprint density at radius 1 is 1.29 bits per heavy atom. The lowest BCUT2D eigenvalue weighted by molar-refractivity contribution is -0.131. The zero-order valence-electron chi connectivity index (χ0n) is 9.43. The largest absolute Gasteiger partial charge is 0.423 e. The van der Waals surface area contributed by atoms with Crippen molar-refractivity contribution < 1.29 is 19.0 Å². The normalized spacial score (nSPS) is 15.8. The number of hydrogen-bond donors (Lipinski definition) is 0. The Balaban J connectivity index is 1.85. The topological polar surface area (TPSA) is 44.8 Å². The van der Waals surface area contributed by atoms with Crippen LogP contribution in [0, 0.1) is 0 Å². The van der Waals surface area contributed by atoms with E-state index in [1.165, 1.54) is 0 Å². The van der Waals surface area contributed by atoms with Crippen LogP contribution in [0.25, 0.3) is 0 Å². The van der Waals surface area contributed by atoms with Gasteiger partial charge in [-0.25, -0.2) is 4.79 Å². The molecule has 0 aliphatic carbocycles. The second-order valence-corrected chi connectivity index (χ2v) is 3.68. The van der Waals surface area contributed by atoms with Crippen LogP contribution in [0.2, 0.25) is 0 Å². The number of esters is 1. The summed E-state index contributed by atoms with van der Waals surface area (Å²) in [4.78, 5) is 11.7. The van der Waals surface area contributed by atoms with Gasteiger partial charge in [-0.3, -0.25) is 0 Å². The van der Waals surface area contributed by atoms with Crippen molar-refractivity contribution in [3.8, 4) is 5.75 Å². The first-order valence-corrected chi connectivity index (χ1v) is 5.44. The minimum absolute atomic E-state index is 0.339. The first-order chi connectivity index (χ1) is 8.25. The molecule has 0 atom stereocenters. The molecule has 0 spiro atoms. The van der Waals surface area contributed by atoms with Gasteiger partial charge in [0.1, 0.15) is 5.75 Å². The van der Waals surface area contributed by atoms with E-state index in [-0.39, 0.29) is 6.29 Å². The number of benzene rings is 1. The van der Waals surface area contributed by atoms with Crippen molar-refractivity contribution in [1.29, 1.82) is 0 Å². The van der Waals surface area contributed by atoms with Crippen molar-refractivity contribution in [3.05, 3.63) is 42.5 Å². The molecule has 0 N–H and O–H groups in total. The summed E-state index contributed by atoms with van der Waals surface area (Å²) in [6, 6.07) is 8.89. The molecule has 17 heavy (non-hydrogen) atoms. The molecule has 1 heterocycles. The molecular weight excluding hydrogens is 220 g/mol. The van der Waals surface area contributed by atoms with Gasteiger partial charge in [-0.1, -0.05) is 24.8 Å². The van der Waals surface area contributed by atoms with Gasteiger partial charge < -0.3 is 14.2 Å². The third-order valence-corrected chi connectivity index (χ3v) is 2.35. The molecule has 1 aliphatic rings. The van der Waals surface area contributed by atoms with Crippen molar-refractivity contribution in [3.63, 3.8) is 0 Å². The van der Waals surface area contributed by atoms with Crippen molar-refractivity contribution in [2.45, 2.75) is 12.7 Å². The second kappa shape index (κ2) is 5.61. The van der Waals surface area contributed by atoms with Gasteiger partial charge in [0.25, 0.3) is 0 Å². The van der Waals surface area contributed by atoms with Gasteiger partial charge in [0.2, 0.25) is 0 Å². The van der Waals surface area contributed by atoms with Crippen molar-refractivity contribution >= 4 is 5.97 Å². The summed E-state index contributed by atoms with van der Waals surface area (Å²) in [5.41, 5.74) is 0.348. The van der Waals surface area contributed by atoms with E-state index in [1.807, 2.05) is 6.07 Å².